The van der Waals surface area contributed by atoms with Gasteiger partial charge in [-0.05, 0) is 45.7 Å². The zero-order valence-electron chi connectivity index (χ0n) is 9.97. The van der Waals surface area contributed by atoms with E-state index >= 15 is 0 Å². The van der Waals surface area contributed by atoms with Crippen LogP contribution in [-0.2, 0) is 0 Å². The van der Waals surface area contributed by atoms with E-state index in [1.165, 1.54) is 58.0 Å². The molecule has 0 aromatic rings. The van der Waals surface area contributed by atoms with Gasteiger partial charge in [-0.1, -0.05) is 19.3 Å². The van der Waals surface area contributed by atoms with Crippen molar-refractivity contribution in [2.24, 2.45) is 5.84 Å². The van der Waals surface area contributed by atoms with Crippen LogP contribution in [-0.4, -0.2) is 29.6 Å². The average molecular weight is 211 g/mol. The number of hydrogen-bond donors (Lipinski definition) is 2. The molecule has 1 heterocycles. The van der Waals surface area contributed by atoms with E-state index < -0.39 is 0 Å². The van der Waals surface area contributed by atoms with Gasteiger partial charge in [0, 0.05) is 11.6 Å². The van der Waals surface area contributed by atoms with Gasteiger partial charge in [0.1, 0.15) is 0 Å². The van der Waals surface area contributed by atoms with Gasteiger partial charge in [-0.25, -0.2) is 0 Å². The van der Waals surface area contributed by atoms with E-state index in [2.05, 4.69) is 17.2 Å². The molecule has 0 spiro atoms. The Morgan fingerprint density at radius 3 is 2.20 bits per heavy atom. The van der Waals surface area contributed by atoms with Crippen LogP contribution in [0.2, 0.25) is 0 Å². The van der Waals surface area contributed by atoms with Crippen molar-refractivity contribution >= 4 is 0 Å². The zero-order chi connectivity index (χ0) is 10.7. The topological polar surface area (TPSA) is 41.3 Å². The summed E-state index contributed by atoms with van der Waals surface area (Å²) >= 11 is 0. The minimum atomic E-state index is 0.370. The van der Waals surface area contributed by atoms with Gasteiger partial charge in [0.25, 0.3) is 0 Å². The summed E-state index contributed by atoms with van der Waals surface area (Å²) in [5.74, 6) is 5.67. The first-order valence-corrected chi connectivity index (χ1v) is 6.51. The lowest BCUT2D eigenvalue weighted by Crippen LogP contribution is -2.61. The molecule has 0 amide bonds. The Morgan fingerprint density at radius 1 is 1.07 bits per heavy atom. The summed E-state index contributed by atoms with van der Waals surface area (Å²) in [5, 5.41) is 0. The lowest BCUT2D eigenvalue weighted by atomic mass is 9.86. The lowest BCUT2D eigenvalue weighted by molar-refractivity contribution is 0.0421. The van der Waals surface area contributed by atoms with E-state index in [9.17, 15) is 0 Å². The molecule has 1 saturated heterocycles. The first-order valence-electron chi connectivity index (χ1n) is 6.51. The van der Waals surface area contributed by atoms with Crippen LogP contribution in [0.25, 0.3) is 0 Å². The monoisotopic (exact) mass is 211 g/mol. The summed E-state index contributed by atoms with van der Waals surface area (Å²) in [4.78, 5) is 2.72. The van der Waals surface area contributed by atoms with Crippen molar-refractivity contribution in [3.8, 4) is 0 Å². The van der Waals surface area contributed by atoms with Crippen molar-refractivity contribution in [2.75, 3.05) is 13.1 Å². The highest BCUT2D eigenvalue weighted by atomic mass is 15.3. The molecule has 3 nitrogen and oxygen atoms in total. The number of nitrogens with one attached hydrogen (secondary N) is 1. The molecule has 1 aliphatic carbocycles. The van der Waals surface area contributed by atoms with Gasteiger partial charge in [0.05, 0.1) is 0 Å². The second kappa shape index (κ2) is 4.81. The van der Waals surface area contributed by atoms with E-state index in [1.54, 1.807) is 0 Å². The zero-order valence-corrected chi connectivity index (χ0v) is 9.97. The smallest absolute Gasteiger partial charge is 0.0373 e. The molecule has 1 atom stereocenters. The van der Waals surface area contributed by atoms with Crippen LogP contribution in [0.3, 0.4) is 0 Å². The second-order valence-electron chi connectivity index (χ2n) is 5.25. The fourth-order valence-corrected chi connectivity index (χ4v) is 3.50. The Hall–Kier alpha value is -0.120. The predicted molar refractivity (Wildman–Crippen MR) is 63.4 cm³/mol. The molecule has 2 aliphatic rings. The summed E-state index contributed by atoms with van der Waals surface area (Å²) in [5.41, 5.74) is 3.37. The van der Waals surface area contributed by atoms with E-state index in [0.717, 1.165) is 0 Å². The standard InChI is InChI=1S/C12H25N3/c1-11(14-13)12(7-3-4-8-12)15-9-5-2-6-10-15/h11,14H,2-10,13H2,1H3. The molecule has 0 bridgehead atoms. The van der Waals surface area contributed by atoms with Gasteiger partial charge in [0.2, 0.25) is 0 Å². The Morgan fingerprint density at radius 2 is 1.67 bits per heavy atom. The Labute approximate surface area is 93.4 Å². The molecule has 0 aromatic carbocycles. The molecule has 2 fully saturated rings. The summed E-state index contributed by atoms with van der Waals surface area (Å²) < 4.78 is 0. The highest BCUT2D eigenvalue weighted by Gasteiger charge is 2.43. The second-order valence-corrected chi connectivity index (χ2v) is 5.25. The van der Waals surface area contributed by atoms with Crippen molar-refractivity contribution in [1.82, 2.24) is 10.3 Å². The van der Waals surface area contributed by atoms with Gasteiger partial charge in [-0.2, -0.15) is 0 Å². The number of hydrazine groups is 1. The third kappa shape index (κ3) is 2.05. The number of nitrogens with zero attached hydrogens (tertiary/aromatic N) is 1. The quantitative estimate of drug-likeness (QED) is 0.551. The molecule has 0 radical (unpaired) electrons. The Bertz CT molecular complexity index is 193. The molecule has 88 valence electrons. The van der Waals surface area contributed by atoms with Crippen LogP contribution >= 0.6 is 0 Å². The Balaban J connectivity index is 2.09. The van der Waals surface area contributed by atoms with E-state index in [4.69, 9.17) is 5.84 Å². The van der Waals surface area contributed by atoms with Gasteiger partial charge in [0.15, 0.2) is 0 Å². The highest BCUT2D eigenvalue weighted by Crippen LogP contribution is 2.39. The van der Waals surface area contributed by atoms with E-state index in [1.807, 2.05) is 0 Å². The average Bonchev–Trinajstić information content (AvgIpc) is 2.79. The molecule has 1 aliphatic heterocycles. The van der Waals surface area contributed by atoms with E-state index in [0.29, 0.717) is 11.6 Å². The number of nitrogens with two attached hydrogens (primary N) is 1. The summed E-state index contributed by atoms with van der Waals surface area (Å²) in [6.07, 6.45) is 9.58. The van der Waals surface area contributed by atoms with Crippen LogP contribution in [0.15, 0.2) is 0 Å². The lowest BCUT2D eigenvalue weighted by Gasteiger charge is -2.47. The maximum atomic E-state index is 5.67. The largest absolute Gasteiger partial charge is 0.296 e. The maximum Gasteiger partial charge on any atom is 0.0373 e. The molecule has 2 rings (SSSR count). The minimum absolute atomic E-state index is 0.370. The predicted octanol–water partition coefficient (Wildman–Crippen LogP) is 1.64. The number of likely N-dealkylation sites (tertiary alicyclic amines) is 1. The van der Waals surface area contributed by atoms with E-state index in [-0.39, 0.29) is 0 Å². The fraction of sp³-hybridized carbons (Fsp3) is 1.00. The summed E-state index contributed by atoms with van der Waals surface area (Å²) in [7, 11) is 0. The number of hydrogen-bond acceptors (Lipinski definition) is 3. The SMILES string of the molecule is CC(NN)C1(N2CCCCC2)CCCC1. The first-order chi connectivity index (χ1) is 7.29. The molecule has 3 N–H and O–H groups in total. The summed E-state index contributed by atoms with van der Waals surface area (Å²) in [6, 6.07) is 0.429. The van der Waals surface area contributed by atoms with Gasteiger partial charge < -0.3 is 0 Å². The molecular formula is C12H25N3. The van der Waals surface area contributed by atoms with Crippen molar-refractivity contribution in [1.29, 1.82) is 0 Å². The van der Waals surface area contributed by atoms with Gasteiger partial charge in [-0.3, -0.25) is 16.2 Å². The van der Waals surface area contributed by atoms with Crippen molar-refractivity contribution in [2.45, 2.75) is 63.5 Å². The van der Waals surface area contributed by atoms with Crippen molar-refractivity contribution in [3.05, 3.63) is 0 Å². The molecule has 1 unspecified atom stereocenters. The van der Waals surface area contributed by atoms with Gasteiger partial charge in [-0.15, -0.1) is 0 Å². The number of piperidine rings is 1. The Kier molecular flexibility index (Phi) is 3.65. The van der Waals surface area contributed by atoms with Crippen LogP contribution < -0.4 is 11.3 Å². The van der Waals surface area contributed by atoms with Crippen molar-refractivity contribution in [3.63, 3.8) is 0 Å². The van der Waals surface area contributed by atoms with Crippen LogP contribution in [0, 0.1) is 0 Å². The summed E-state index contributed by atoms with van der Waals surface area (Å²) in [6.45, 7) is 4.82. The molecule has 0 aromatic heterocycles. The number of rotatable bonds is 3. The maximum absolute atomic E-state index is 5.67. The minimum Gasteiger partial charge on any atom is -0.296 e. The molecule has 1 saturated carbocycles. The van der Waals surface area contributed by atoms with Crippen LogP contribution in [0.5, 0.6) is 0 Å². The molecule has 3 heteroatoms. The third-order valence-corrected chi connectivity index (χ3v) is 4.51. The van der Waals surface area contributed by atoms with Crippen molar-refractivity contribution < 1.29 is 0 Å². The first kappa shape index (κ1) is 11.4. The third-order valence-electron chi connectivity index (χ3n) is 4.51. The molecular weight excluding hydrogens is 186 g/mol. The highest BCUT2D eigenvalue weighted by molar-refractivity contribution is 5.01. The molecule has 15 heavy (non-hydrogen) atoms. The fourth-order valence-electron chi connectivity index (χ4n) is 3.50. The van der Waals surface area contributed by atoms with Crippen LogP contribution in [0.1, 0.15) is 51.9 Å². The van der Waals surface area contributed by atoms with Gasteiger partial charge >= 0.3 is 0 Å². The normalized spacial score (nSPS) is 29.2. The van der Waals surface area contributed by atoms with Crippen LogP contribution in [0.4, 0.5) is 0 Å².